The first-order valence-corrected chi connectivity index (χ1v) is 6.02. The third-order valence-electron chi connectivity index (χ3n) is 2.64. The normalized spacial score (nSPS) is 11.2. The molecule has 0 aliphatic carbocycles. The molecule has 0 aliphatic rings. The van der Waals surface area contributed by atoms with Crippen molar-refractivity contribution in [3.63, 3.8) is 0 Å². The van der Waals surface area contributed by atoms with Crippen LogP contribution in [0.4, 0.5) is 11.5 Å². The Balaban J connectivity index is 2.85. The Kier molecular flexibility index (Phi) is 5.90. The number of hydrogen-bond acceptors (Lipinski definition) is 6. The van der Waals surface area contributed by atoms with Gasteiger partial charge in [0.25, 0.3) is 0 Å². The minimum absolute atomic E-state index is 0.0122. The number of hydrogen-bond donors (Lipinski definition) is 3. The third kappa shape index (κ3) is 3.86. The maximum absolute atomic E-state index is 9.06. The zero-order chi connectivity index (χ0) is 13.5. The molecule has 0 saturated heterocycles. The quantitative estimate of drug-likeness (QED) is 0.543. The molecule has 0 unspecified atom stereocenters. The summed E-state index contributed by atoms with van der Waals surface area (Å²) in [5, 5.41) is 22.4. The summed E-state index contributed by atoms with van der Waals surface area (Å²) in [5.74, 6) is 0.764. The number of nitrogen functional groups attached to an aromatic ring is 1. The average molecular weight is 257 g/mol. The molecule has 0 bridgehead atoms. The van der Waals surface area contributed by atoms with E-state index in [1.807, 2.05) is 19.0 Å². The van der Waals surface area contributed by atoms with Gasteiger partial charge < -0.3 is 25.7 Å². The largest absolute Gasteiger partial charge is 0.395 e. The second-order valence-electron chi connectivity index (χ2n) is 4.38. The molecule has 1 aromatic rings. The first-order valence-electron chi connectivity index (χ1n) is 6.02. The zero-order valence-electron chi connectivity index (χ0n) is 11.1. The Bertz CT molecular complexity index is 347. The van der Waals surface area contributed by atoms with Crippen molar-refractivity contribution in [1.29, 1.82) is 0 Å². The number of rotatable bonds is 8. The van der Waals surface area contributed by atoms with Crippen molar-refractivity contribution in [2.24, 2.45) is 0 Å². The zero-order valence-corrected chi connectivity index (χ0v) is 11.1. The number of nitrogens with zero attached hydrogens (tertiary/aromatic N) is 4. The minimum Gasteiger partial charge on any atom is -0.395 e. The maximum Gasteiger partial charge on any atom is 0.150 e. The van der Waals surface area contributed by atoms with Crippen molar-refractivity contribution in [3.05, 3.63) is 6.20 Å². The summed E-state index contributed by atoms with van der Waals surface area (Å²) in [5.41, 5.74) is 6.47. The molecule has 4 N–H and O–H groups in total. The highest BCUT2D eigenvalue weighted by atomic mass is 16.3. The molecule has 0 saturated carbocycles. The Morgan fingerprint density at radius 3 is 2.33 bits per heavy atom. The Hall–Kier alpha value is -1.31. The van der Waals surface area contributed by atoms with E-state index >= 15 is 0 Å². The van der Waals surface area contributed by atoms with E-state index in [0.717, 1.165) is 12.4 Å². The van der Waals surface area contributed by atoms with Crippen molar-refractivity contribution in [1.82, 2.24) is 14.7 Å². The molecule has 7 heteroatoms. The highest BCUT2D eigenvalue weighted by Gasteiger charge is 2.15. The van der Waals surface area contributed by atoms with Gasteiger partial charge in [-0.3, -0.25) is 0 Å². The summed E-state index contributed by atoms with van der Waals surface area (Å²) < 4.78 is 1.81. The molecule has 7 nitrogen and oxygen atoms in total. The molecule has 0 atom stereocenters. The second kappa shape index (κ2) is 7.20. The maximum atomic E-state index is 9.06. The molecule has 18 heavy (non-hydrogen) atoms. The fraction of sp³-hybridized carbons (Fsp3) is 0.727. The minimum atomic E-state index is 0.0122. The lowest BCUT2D eigenvalue weighted by atomic mass is 10.4. The lowest BCUT2D eigenvalue weighted by Gasteiger charge is -2.24. The van der Waals surface area contributed by atoms with Crippen LogP contribution >= 0.6 is 0 Å². The van der Waals surface area contributed by atoms with Crippen LogP contribution in [0.25, 0.3) is 0 Å². The molecule has 1 heterocycles. The Labute approximate surface area is 107 Å². The van der Waals surface area contributed by atoms with Gasteiger partial charge in [0.1, 0.15) is 0 Å². The van der Waals surface area contributed by atoms with Gasteiger partial charge in [0.05, 0.1) is 31.6 Å². The monoisotopic (exact) mass is 257 g/mol. The molecule has 1 aromatic heterocycles. The number of aromatic nitrogens is 2. The van der Waals surface area contributed by atoms with E-state index in [-0.39, 0.29) is 13.2 Å². The third-order valence-corrected chi connectivity index (χ3v) is 2.64. The van der Waals surface area contributed by atoms with Crippen LogP contribution in [0.5, 0.6) is 0 Å². The topological polar surface area (TPSA) is 90.8 Å². The molecule has 0 amide bonds. The smallest absolute Gasteiger partial charge is 0.150 e. The summed E-state index contributed by atoms with van der Waals surface area (Å²) in [6.07, 6.45) is 1.60. The van der Waals surface area contributed by atoms with Gasteiger partial charge >= 0.3 is 0 Å². The van der Waals surface area contributed by atoms with Crippen LogP contribution < -0.4 is 10.6 Å². The van der Waals surface area contributed by atoms with Crippen LogP contribution in [0.15, 0.2) is 6.20 Å². The van der Waals surface area contributed by atoms with Gasteiger partial charge in [-0.15, -0.1) is 0 Å². The summed E-state index contributed by atoms with van der Waals surface area (Å²) >= 11 is 0. The molecule has 0 spiro atoms. The number of nitrogens with two attached hydrogens (primary N) is 1. The number of aliphatic hydroxyl groups is 2. The van der Waals surface area contributed by atoms with E-state index in [0.29, 0.717) is 25.3 Å². The lowest BCUT2D eigenvalue weighted by molar-refractivity contribution is 0.279. The number of likely N-dealkylation sites (N-methyl/N-ethyl adjacent to an activating group) is 1. The fourth-order valence-electron chi connectivity index (χ4n) is 1.76. The van der Waals surface area contributed by atoms with Crippen molar-refractivity contribution < 1.29 is 10.2 Å². The van der Waals surface area contributed by atoms with Gasteiger partial charge in [0, 0.05) is 19.6 Å². The molecular formula is C11H23N5O2. The predicted octanol–water partition coefficient (Wildman–Crippen LogP) is -1.18. The fourth-order valence-corrected chi connectivity index (χ4v) is 1.76. The van der Waals surface area contributed by atoms with Crippen molar-refractivity contribution in [3.8, 4) is 0 Å². The van der Waals surface area contributed by atoms with Crippen LogP contribution in [0, 0.1) is 0 Å². The molecule has 0 fully saturated rings. The van der Waals surface area contributed by atoms with Gasteiger partial charge in [0.2, 0.25) is 0 Å². The highest BCUT2D eigenvalue weighted by Crippen LogP contribution is 2.22. The molecular weight excluding hydrogens is 234 g/mol. The summed E-state index contributed by atoms with van der Waals surface area (Å²) in [6, 6.07) is 0. The van der Waals surface area contributed by atoms with Crippen molar-refractivity contribution in [2.45, 2.75) is 6.54 Å². The lowest BCUT2D eigenvalue weighted by Crippen LogP contribution is -2.33. The summed E-state index contributed by atoms with van der Waals surface area (Å²) in [6.45, 7) is 2.44. The average Bonchev–Trinajstić information content (AvgIpc) is 2.67. The number of aliphatic hydroxyl groups excluding tert-OH is 2. The summed E-state index contributed by atoms with van der Waals surface area (Å²) in [4.78, 5) is 3.90. The highest BCUT2D eigenvalue weighted by molar-refractivity contribution is 5.62. The number of anilines is 2. The standard InChI is InChI=1S/C11H23N5O2/c1-14(2)3-4-16-11(10(12)9-13-16)15(5-7-17)6-8-18/h9,17-18H,3-8,12H2,1-2H3. The van der Waals surface area contributed by atoms with Gasteiger partial charge in [-0.05, 0) is 14.1 Å². The van der Waals surface area contributed by atoms with Crippen LogP contribution in [-0.4, -0.2) is 71.8 Å². The molecule has 104 valence electrons. The molecule has 0 aromatic carbocycles. The van der Waals surface area contributed by atoms with Crippen molar-refractivity contribution in [2.75, 3.05) is 57.6 Å². The van der Waals surface area contributed by atoms with E-state index in [4.69, 9.17) is 15.9 Å². The van der Waals surface area contributed by atoms with E-state index in [9.17, 15) is 0 Å². The van der Waals surface area contributed by atoms with Crippen LogP contribution in [0.1, 0.15) is 0 Å². The SMILES string of the molecule is CN(C)CCn1ncc(N)c1N(CCO)CCO. The summed E-state index contributed by atoms with van der Waals surface area (Å²) in [7, 11) is 3.98. The van der Waals surface area contributed by atoms with E-state index in [1.54, 1.807) is 10.9 Å². The van der Waals surface area contributed by atoms with E-state index in [2.05, 4.69) is 10.00 Å². The molecule has 0 aliphatic heterocycles. The van der Waals surface area contributed by atoms with Gasteiger partial charge in [-0.1, -0.05) is 0 Å². The van der Waals surface area contributed by atoms with Crippen LogP contribution in [0.3, 0.4) is 0 Å². The van der Waals surface area contributed by atoms with E-state index < -0.39 is 0 Å². The second-order valence-corrected chi connectivity index (χ2v) is 4.38. The first-order chi connectivity index (χ1) is 8.60. The van der Waals surface area contributed by atoms with E-state index in [1.165, 1.54) is 0 Å². The van der Waals surface area contributed by atoms with Crippen LogP contribution in [-0.2, 0) is 6.54 Å². The molecule has 0 radical (unpaired) electrons. The molecule has 1 rings (SSSR count). The van der Waals surface area contributed by atoms with Gasteiger partial charge in [-0.2, -0.15) is 5.10 Å². The predicted molar refractivity (Wildman–Crippen MR) is 71.6 cm³/mol. The van der Waals surface area contributed by atoms with Gasteiger partial charge in [0.15, 0.2) is 5.82 Å². The van der Waals surface area contributed by atoms with Crippen molar-refractivity contribution >= 4 is 11.5 Å². The Morgan fingerprint density at radius 1 is 1.22 bits per heavy atom. The van der Waals surface area contributed by atoms with Crippen LogP contribution in [0.2, 0.25) is 0 Å². The van der Waals surface area contributed by atoms with Gasteiger partial charge in [-0.25, -0.2) is 4.68 Å². The Morgan fingerprint density at radius 2 is 1.83 bits per heavy atom. The first kappa shape index (κ1) is 14.7.